The second-order valence-corrected chi connectivity index (χ2v) is 7.44. The number of aromatic nitrogens is 1. The van der Waals surface area contributed by atoms with E-state index in [4.69, 9.17) is 0 Å². The van der Waals surface area contributed by atoms with E-state index in [9.17, 15) is 15.0 Å². The van der Waals surface area contributed by atoms with Gasteiger partial charge in [-0.25, -0.2) is 4.99 Å². The van der Waals surface area contributed by atoms with Crippen LogP contribution >= 0.6 is 0 Å². The Morgan fingerprint density at radius 2 is 1.82 bits per heavy atom. The van der Waals surface area contributed by atoms with Gasteiger partial charge < -0.3 is 15.1 Å². The van der Waals surface area contributed by atoms with Crippen LogP contribution in [0.15, 0.2) is 52.3 Å². The van der Waals surface area contributed by atoms with Crippen LogP contribution in [0, 0.1) is 10.4 Å². The summed E-state index contributed by atoms with van der Waals surface area (Å²) in [6.07, 6.45) is 0. The van der Waals surface area contributed by atoms with E-state index >= 15 is 0 Å². The van der Waals surface area contributed by atoms with E-state index in [2.05, 4.69) is 4.99 Å². The summed E-state index contributed by atoms with van der Waals surface area (Å²) in [7, 11) is 3.86. The number of benzene rings is 3. The first kappa shape index (κ1) is 16.8. The average molecular weight is 373 g/mol. The Kier molecular flexibility index (Phi) is 3.48. The summed E-state index contributed by atoms with van der Waals surface area (Å²) in [5.41, 5.74) is 0.534. The van der Waals surface area contributed by atoms with Crippen molar-refractivity contribution >= 4 is 27.2 Å². The van der Waals surface area contributed by atoms with Crippen LogP contribution in [0.25, 0.3) is 21.5 Å². The zero-order valence-corrected chi connectivity index (χ0v) is 15.6. The molecule has 140 valence electrons. The molecule has 0 spiro atoms. The van der Waals surface area contributed by atoms with Gasteiger partial charge in [0.1, 0.15) is 5.75 Å². The fourth-order valence-corrected chi connectivity index (χ4v) is 4.04. The minimum Gasteiger partial charge on any atom is -0.508 e. The monoisotopic (exact) mass is 373 g/mol. The number of likely N-dealkylation sites (N-methyl/N-ethyl adjacent to an activating group) is 1. The first-order chi connectivity index (χ1) is 13.5. The van der Waals surface area contributed by atoms with Crippen molar-refractivity contribution in [1.29, 1.82) is 0 Å². The van der Waals surface area contributed by atoms with Gasteiger partial charge in [0.05, 0.1) is 11.0 Å². The van der Waals surface area contributed by atoms with Crippen LogP contribution in [0.1, 0.15) is 0 Å². The normalized spacial score (nSPS) is 12.5. The second kappa shape index (κ2) is 5.81. The van der Waals surface area contributed by atoms with Gasteiger partial charge >= 0.3 is 0 Å². The molecule has 4 aromatic rings. The fourth-order valence-electron chi connectivity index (χ4n) is 4.04. The molecule has 3 aromatic carbocycles. The van der Waals surface area contributed by atoms with E-state index < -0.39 is 0 Å². The first-order valence-corrected chi connectivity index (χ1v) is 9.13. The predicted molar refractivity (Wildman–Crippen MR) is 108 cm³/mol. The summed E-state index contributed by atoms with van der Waals surface area (Å²) in [5.74, 6) is 0.122. The minimum absolute atomic E-state index is 0.0349. The summed E-state index contributed by atoms with van der Waals surface area (Å²) in [6.45, 7) is 1.04. The van der Waals surface area contributed by atoms with Crippen molar-refractivity contribution < 1.29 is 10.2 Å². The van der Waals surface area contributed by atoms with Crippen LogP contribution in [-0.4, -0.2) is 40.3 Å². The molecule has 1 aromatic heterocycles. The standard InChI is InChI=1S/C22H19N3O3/c1-24(2)8-9-25-21(27)15-5-3-4-14-19(15)16(22(25)28)11-18-20(14)13-7-6-12(26)10-17(13)23-18/h3-7,10-11,26,28H,8-9H2,1-2H3. The summed E-state index contributed by atoms with van der Waals surface area (Å²) < 4.78 is 1.43. The third-order valence-corrected chi connectivity index (χ3v) is 5.37. The molecule has 0 amide bonds. The molecule has 0 saturated heterocycles. The number of aromatic hydroxyl groups is 2. The van der Waals surface area contributed by atoms with Crippen LogP contribution in [0.2, 0.25) is 0 Å². The van der Waals surface area contributed by atoms with Gasteiger partial charge in [0.15, 0.2) is 0 Å². The van der Waals surface area contributed by atoms with Crippen molar-refractivity contribution in [2.75, 3.05) is 20.6 Å². The predicted octanol–water partition coefficient (Wildman–Crippen LogP) is 2.40. The summed E-state index contributed by atoms with van der Waals surface area (Å²) in [4.78, 5) is 19.7. The highest BCUT2D eigenvalue weighted by atomic mass is 16.3. The number of nitrogens with zero attached hydrogens (tertiary/aromatic N) is 3. The molecular weight excluding hydrogens is 354 g/mol. The molecule has 0 radical (unpaired) electrons. The molecule has 1 aliphatic heterocycles. The van der Waals surface area contributed by atoms with E-state index in [0.29, 0.717) is 29.2 Å². The largest absolute Gasteiger partial charge is 0.508 e. The highest BCUT2D eigenvalue weighted by molar-refractivity contribution is 6.13. The van der Waals surface area contributed by atoms with E-state index in [-0.39, 0.29) is 17.2 Å². The molecule has 2 N–H and O–H groups in total. The van der Waals surface area contributed by atoms with Crippen molar-refractivity contribution in [1.82, 2.24) is 9.47 Å². The van der Waals surface area contributed by atoms with Crippen LogP contribution in [0.5, 0.6) is 11.6 Å². The van der Waals surface area contributed by atoms with E-state index in [1.54, 1.807) is 18.2 Å². The van der Waals surface area contributed by atoms with Gasteiger partial charge in [-0.2, -0.15) is 0 Å². The van der Waals surface area contributed by atoms with E-state index in [1.807, 2.05) is 43.3 Å². The Labute approximate surface area is 159 Å². The number of phenols is 1. The molecule has 0 atom stereocenters. The number of hydrogen-bond donors (Lipinski definition) is 2. The SMILES string of the molecule is CN(C)CCn1c(O)c2cc3c(c4cccc(c1=O)c24)=c1ccc(O)cc1=N3. The molecule has 0 saturated carbocycles. The van der Waals surface area contributed by atoms with E-state index in [0.717, 1.165) is 26.9 Å². The van der Waals surface area contributed by atoms with Crippen LogP contribution < -0.4 is 10.9 Å². The second-order valence-electron chi connectivity index (χ2n) is 7.44. The number of fused-ring (bicyclic) bond motifs is 3. The molecule has 1 aliphatic rings. The molecule has 0 bridgehead atoms. The van der Waals surface area contributed by atoms with Gasteiger partial charge in [-0.05, 0) is 43.7 Å². The van der Waals surface area contributed by atoms with Crippen LogP contribution in [0.3, 0.4) is 0 Å². The molecular formula is C22H19N3O3. The van der Waals surface area contributed by atoms with Crippen molar-refractivity contribution in [2.24, 2.45) is 4.99 Å². The van der Waals surface area contributed by atoms with Crippen LogP contribution in [-0.2, 0) is 6.54 Å². The van der Waals surface area contributed by atoms with Gasteiger partial charge in [0.2, 0.25) is 5.88 Å². The first-order valence-electron chi connectivity index (χ1n) is 9.13. The Morgan fingerprint density at radius 1 is 1.04 bits per heavy atom. The van der Waals surface area contributed by atoms with Gasteiger partial charge in [-0.3, -0.25) is 9.36 Å². The van der Waals surface area contributed by atoms with Gasteiger partial charge in [-0.15, -0.1) is 0 Å². The number of phenolic OH excluding ortho intramolecular Hbond substituents is 1. The molecule has 0 unspecified atom stereocenters. The van der Waals surface area contributed by atoms with Gasteiger partial charge in [0, 0.05) is 45.8 Å². The van der Waals surface area contributed by atoms with Gasteiger partial charge in [0.25, 0.3) is 5.56 Å². The highest BCUT2D eigenvalue weighted by Crippen LogP contribution is 2.37. The highest BCUT2D eigenvalue weighted by Gasteiger charge is 2.19. The quantitative estimate of drug-likeness (QED) is 0.509. The molecule has 0 aliphatic carbocycles. The Hall–Kier alpha value is -3.38. The summed E-state index contributed by atoms with van der Waals surface area (Å²) >= 11 is 0. The average Bonchev–Trinajstić information content (AvgIpc) is 3.02. The third kappa shape index (κ3) is 2.25. The molecule has 0 fully saturated rings. The zero-order chi connectivity index (χ0) is 19.6. The smallest absolute Gasteiger partial charge is 0.261 e. The fraction of sp³-hybridized carbons (Fsp3) is 0.182. The van der Waals surface area contributed by atoms with Crippen molar-refractivity contribution in [3.63, 3.8) is 0 Å². The van der Waals surface area contributed by atoms with Crippen molar-refractivity contribution in [2.45, 2.75) is 6.54 Å². The number of pyridine rings is 1. The molecule has 6 nitrogen and oxygen atoms in total. The topological polar surface area (TPSA) is 78.1 Å². The summed E-state index contributed by atoms with van der Waals surface area (Å²) in [5, 5.41) is 26.1. The Morgan fingerprint density at radius 3 is 2.61 bits per heavy atom. The molecule has 2 heterocycles. The Balaban J connectivity index is 1.97. The maximum Gasteiger partial charge on any atom is 0.261 e. The van der Waals surface area contributed by atoms with Crippen molar-refractivity contribution in [3.8, 4) is 11.6 Å². The maximum atomic E-state index is 13.1. The maximum absolute atomic E-state index is 13.1. The lowest BCUT2D eigenvalue weighted by Gasteiger charge is -2.16. The summed E-state index contributed by atoms with van der Waals surface area (Å²) in [6, 6.07) is 12.6. The van der Waals surface area contributed by atoms with E-state index in [1.165, 1.54) is 4.57 Å². The lowest BCUT2D eigenvalue weighted by Crippen LogP contribution is -2.26. The van der Waals surface area contributed by atoms with Crippen LogP contribution in [0.4, 0.5) is 5.69 Å². The Bertz CT molecular complexity index is 1490. The number of hydrogen-bond acceptors (Lipinski definition) is 5. The zero-order valence-electron chi connectivity index (χ0n) is 15.6. The third-order valence-electron chi connectivity index (χ3n) is 5.37. The van der Waals surface area contributed by atoms with Crippen molar-refractivity contribution in [3.05, 3.63) is 68.6 Å². The lowest BCUT2D eigenvalue weighted by molar-refractivity contribution is 0.353. The molecule has 6 heteroatoms. The molecule has 28 heavy (non-hydrogen) atoms. The minimum atomic E-state index is -0.196. The van der Waals surface area contributed by atoms with Gasteiger partial charge in [-0.1, -0.05) is 12.1 Å². The lowest BCUT2D eigenvalue weighted by atomic mass is 9.98. The number of rotatable bonds is 3. The molecule has 5 rings (SSSR count).